The minimum absolute atomic E-state index is 0.0228. The van der Waals surface area contributed by atoms with Gasteiger partial charge in [0.05, 0.1) is 10.8 Å². The molecular weight excluding hydrogens is 867 g/mol. The molecular formula is C71H67N. The van der Waals surface area contributed by atoms with Crippen LogP contribution < -0.4 is 4.90 Å². The molecule has 0 amide bonds. The fourth-order valence-corrected chi connectivity index (χ4v) is 12.9. The highest BCUT2D eigenvalue weighted by atomic mass is 15.1. The van der Waals surface area contributed by atoms with Gasteiger partial charge in [0, 0.05) is 17.1 Å². The van der Waals surface area contributed by atoms with Crippen LogP contribution >= 0.6 is 0 Å². The van der Waals surface area contributed by atoms with Gasteiger partial charge in [0.25, 0.3) is 0 Å². The van der Waals surface area contributed by atoms with Gasteiger partial charge in [0.15, 0.2) is 0 Å². The van der Waals surface area contributed by atoms with Gasteiger partial charge in [0.2, 0.25) is 0 Å². The quantitative estimate of drug-likeness (QED) is 0.154. The van der Waals surface area contributed by atoms with Gasteiger partial charge in [-0.2, -0.15) is 0 Å². The van der Waals surface area contributed by atoms with Crippen LogP contribution in [0, 0.1) is 0 Å². The average Bonchev–Trinajstić information content (AvgIpc) is 3.96. The second-order valence-corrected chi connectivity index (χ2v) is 24.0. The molecule has 9 aromatic carbocycles. The van der Waals surface area contributed by atoms with Crippen LogP contribution in [0.15, 0.2) is 200 Å². The third-order valence-corrected chi connectivity index (χ3v) is 16.5. The Kier molecular flexibility index (Phi) is 10.5. The lowest BCUT2D eigenvalue weighted by molar-refractivity contribution is 0.586. The van der Waals surface area contributed by atoms with E-state index < -0.39 is 10.8 Å². The van der Waals surface area contributed by atoms with Crippen LogP contribution in [0.3, 0.4) is 0 Å². The predicted molar refractivity (Wildman–Crippen MR) is 305 cm³/mol. The van der Waals surface area contributed by atoms with Crippen molar-refractivity contribution in [2.75, 3.05) is 4.90 Å². The summed E-state index contributed by atoms with van der Waals surface area (Å²) in [6.07, 6.45) is 2.16. The molecule has 72 heavy (non-hydrogen) atoms. The summed E-state index contributed by atoms with van der Waals surface area (Å²) in [7, 11) is 0. The first-order chi connectivity index (χ1) is 34.5. The number of aryl methyl sites for hydroxylation is 1. The molecule has 1 nitrogen and oxygen atoms in total. The average molecular weight is 934 g/mol. The van der Waals surface area contributed by atoms with E-state index in [-0.39, 0.29) is 16.2 Å². The number of benzene rings is 9. The normalized spacial score (nSPS) is 15.9. The zero-order chi connectivity index (χ0) is 50.0. The third kappa shape index (κ3) is 6.80. The van der Waals surface area contributed by atoms with E-state index in [1.165, 1.54) is 100 Å². The number of hydrogen-bond acceptors (Lipinski definition) is 1. The summed E-state index contributed by atoms with van der Waals surface area (Å²) in [5.74, 6) is 0. The summed E-state index contributed by atoms with van der Waals surface area (Å²) in [5, 5.41) is 0. The molecule has 0 heterocycles. The number of anilines is 3. The van der Waals surface area contributed by atoms with E-state index >= 15 is 0 Å². The molecule has 0 N–H and O–H groups in total. The van der Waals surface area contributed by atoms with Gasteiger partial charge in [-0.3, -0.25) is 0 Å². The van der Waals surface area contributed by atoms with Gasteiger partial charge in [-0.1, -0.05) is 239 Å². The van der Waals surface area contributed by atoms with Crippen molar-refractivity contribution in [2.45, 2.75) is 109 Å². The minimum atomic E-state index is -0.558. The standard InChI is InChI=1S/C71H67N/c1-11-20-46-29-33-52(34-30-46)72(53-35-39-59-55-25-15-17-27-61(55)70(65(59)44-53,47-21-13-12-14-22-47)51-24-19-23-48(41-51)67(2,3)4)54-36-40-60-56-26-16-18-28-62(56)71(66(60)45-54)63-42-49(68(5,6)7)31-37-57(63)58-38-32-50(43-64(58)71)69(8,9)10/h12-19,21-45H,11,20H2,1-10H3. The molecule has 1 unspecified atom stereocenters. The number of rotatable bonds is 7. The first-order valence-electron chi connectivity index (χ1n) is 26.4. The second kappa shape index (κ2) is 16.4. The van der Waals surface area contributed by atoms with Gasteiger partial charge in [-0.05, 0) is 159 Å². The molecule has 1 atom stereocenters. The molecule has 0 bridgehead atoms. The van der Waals surface area contributed by atoms with Gasteiger partial charge in [-0.25, -0.2) is 0 Å². The molecule has 12 rings (SSSR count). The van der Waals surface area contributed by atoms with Gasteiger partial charge in [-0.15, -0.1) is 0 Å². The Morgan fingerprint density at radius 2 is 0.722 bits per heavy atom. The van der Waals surface area contributed by atoms with E-state index in [0.717, 1.165) is 29.9 Å². The van der Waals surface area contributed by atoms with Crippen molar-refractivity contribution in [2.24, 2.45) is 0 Å². The van der Waals surface area contributed by atoms with Crippen LogP contribution in [0.2, 0.25) is 0 Å². The lowest BCUT2D eigenvalue weighted by atomic mass is 9.66. The summed E-state index contributed by atoms with van der Waals surface area (Å²) in [5.41, 5.74) is 26.2. The summed E-state index contributed by atoms with van der Waals surface area (Å²) in [4.78, 5) is 2.55. The van der Waals surface area contributed by atoms with Crippen LogP contribution in [-0.4, -0.2) is 0 Å². The highest BCUT2D eigenvalue weighted by Gasteiger charge is 2.53. The number of hydrogen-bond donors (Lipinski definition) is 0. The maximum atomic E-state index is 2.57. The van der Waals surface area contributed by atoms with Crippen molar-refractivity contribution in [3.05, 3.63) is 267 Å². The molecule has 0 aliphatic heterocycles. The molecule has 0 saturated heterocycles. The van der Waals surface area contributed by atoms with Crippen molar-refractivity contribution < 1.29 is 0 Å². The first-order valence-corrected chi connectivity index (χ1v) is 26.4. The number of nitrogens with zero attached hydrogens (tertiary/aromatic N) is 1. The second-order valence-electron chi connectivity index (χ2n) is 24.0. The lowest BCUT2D eigenvalue weighted by Gasteiger charge is -2.36. The predicted octanol–water partition coefficient (Wildman–Crippen LogP) is 18.7. The first kappa shape index (κ1) is 45.9. The molecule has 1 heteroatoms. The lowest BCUT2D eigenvalue weighted by Crippen LogP contribution is -2.29. The maximum Gasteiger partial charge on any atom is 0.0726 e. The van der Waals surface area contributed by atoms with Gasteiger partial charge >= 0.3 is 0 Å². The molecule has 0 aromatic heterocycles. The highest BCUT2D eigenvalue weighted by Crippen LogP contribution is 2.65. The van der Waals surface area contributed by atoms with E-state index in [1.54, 1.807) is 0 Å². The van der Waals surface area contributed by atoms with Crippen molar-refractivity contribution in [1.29, 1.82) is 0 Å². The van der Waals surface area contributed by atoms with Gasteiger partial charge in [0.1, 0.15) is 0 Å². The summed E-state index contributed by atoms with van der Waals surface area (Å²) < 4.78 is 0. The topological polar surface area (TPSA) is 3.24 Å². The Morgan fingerprint density at radius 1 is 0.319 bits per heavy atom. The van der Waals surface area contributed by atoms with E-state index in [9.17, 15) is 0 Å². The van der Waals surface area contributed by atoms with Crippen molar-refractivity contribution in [1.82, 2.24) is 0 Å². The van der Waals surface area contributed by atoms with E-state index in [1.807, 2.05) is 0 Å². The maximum absolute atomic E-state index is 2.57. The Hall–Kier alpha value is -7.22. The molecule has 0 saturated carbocycles. The third-order valence-electron chi connectivity index (χ3n) is 16.5. The van der Waals surface area contributed by atoms with Crippen LogP contribution in [0.4, 0.5) is 17.1 Å². The van der Waals surface area contributed by atoms with Crippen LogP contribution in [-0.2, 0) is 33.5 Å². The van der Waals surface area contributed by atoms with E-state index in [0.29, 0.717) is 0 Å². The summed E-state index contributed by atoms with van der Waals surface area (Å²) in [6, 6.07) is 78.0. The van der Waals surface area contributed by atoms with Crippen molar-refractivity contribution in [3.8, 4) is 33.4 Å². The Bertz CT molecular complexity index is 3520. The monoisotopic (exact) mass is 934 g/mol. The molecule has 3 aliphatic rings. The van der Waals surface area contributed by atoms with Crippen LogP contribution in [0.5, 0.6) is 0 Å². The smallest absolute Gasteiger partial charge is 0.0726 e. The summed E-state index contributed by atoms with van der Waals surface area (Å²) in [6.45, 7) is 23.4. The summed E-state index contributed by atoms with van der Waals surface area (Å²) >= 11 is 0. The molecule has 3 aliphatic carbocycles. The fourth-order valence-electron chi connectivity index (χ4n) is 12.9. The zero-order valence-electron chi connectivity index (χ0n) is 43.9. The molecule has 1 spiro atoms. The molecule has 9 aromatic rings. The highest BCUT2D eigenvalue weighted by molar-refractivity contribution is 5.97. The number of fused-ring (bicyclic) bond motifs is 13. The van der Waals surface area contributed by atoms with Gasteiger partial charge < -0.3 is 4.90 Å². The molecule has 0 fully saturated rings. The Morgan fingerprint density at radius 3 is 1.24 bits per heavy atom. The minimum Gasteiger partial charge on any atom is -0.310 e. The Labute approximate surface area is 429 Å². The Balaban J connectivity index is 1.15. The van der Waals surface area contributed by atoms with Crippen molar-refractivity contribution >= 4 is 17.1 Å². The fraction of sp³-hybridized carbons (Fsp3) is 0.239. The largest absolute Gasteiger partial charge is 0.310 e. The van der Waals surface area contributed by atoms with Crippen LogP contribution in [0.1, 0.15) is 142 Å². The van der Waals surface area contributed by atoms with E-state index in [2.05, 4.69) is 274 Å². The van der Waals surface area contributed by atoms with Crippen LogP contribution in [0.25, 0.3) is 33.4 Å². The zero-order valence-corrected chi connectivity index (χ0v) is 43.9. The van der Waals surface area contributed by atoms with Crippen molar-refractivity contribution in [3.63, 3.8) is 0 Å². The molecule has 0 radical (unpaired) electrons. The van der Waals surface area contributed by atoms with E-state index in [4.69, 9.17) is 0 Å². The molecule has 356 valence electrons. The SMILES string of the molecule is CCCc1ccc(N(c2ccc3c(c2)C(c2ccccc2)(c2cccc(C(C)(C)C)c2)c2ccccc2-3)c2ccc3c(c2)C2(c4ccccc4-3)c3cc(C(C)(C)C)ccc3-c3ccc(C(C)(C)C)cc32)cc1.